The Balaban J connectivity index is 1.08. The van der Waals surface area contributed by atoms with Gasteiger partial charge in [0.25, 0.3) is 5.91 Å². The van der Waals surface area contributed by atoms with Gasteiger partial charge in [-0.3, -0.25) is 19.7 Å². The molecule has 3 aliphatic rings. The second-order valence-corrected chi connectivity index (χ2v) is 10.5. The fourth-order valence-electron chi connectivity index (χ4n) is 5.70. The third-order valence-corrected chi connectivity index (χ3v) is 7.91. The zero-order valence-corrected chi connectivity index (χ0v) is 22.3. The average molecular weight is 520 g/mol. The molecule has 3 amide bonds. The smallest absolute Gasteiger partial charge is 0.255 e. The van der Waals surface area contributed by atoms with Crippen molar-refractivity contribution >= 4 is 17.7 Å². The Morgan fingerprint density at radius 1 is 1.13 bits per heavy atom. The predicted molar refractivity (Wildman–Crippen MR) is 143 cm³/mol. The zero-order chi connectivity index (χ0) is 26.6. The van der Waals surface area contributed by atoms with Crippen molar-refractivity contribution in [2.75, 3.05) is 26.2 Å². The van der Waals surface area contributed by atoms with Gasteiger partial charge in [-0.05, 0) is 69.0 Å². The van der Waals surface area contributed by atoms with E-state index in [0.29, 0.717) is 37.5 Å². The molecule has 0 aliphatic carbocycles. The van der Waals surface area contributed by atoms with E-state index in [1.165, 1.54) is 16.7 Å². The maximum absolute atomic E-state index is 13.0. The Labute approximate surface area is 224 Å². The Hall–Kier alpha value is -3.23. The molecule has 202 valence electrons. The van der Waals surface area contributed by atoms with Crippen LogP contribution in [0.5, 0.6) is 5.75 Å². The largest absolute Gasteiger partial charge is 0.493 e. The van der Waals surface area contributed by atoms with Crippen molar-refractivity contribution in [2.45, 2.75) is 71.2 Å². The molecule has 2 aromatic carbocycles. The first-order chi connectivity index (χ1) is 18.4. The van der Waals surface area contributed by atoms with Crippen molar-refractivity contribution in [3.05, 3.63) is 64.2 Å². The lowest BCUT2D eigenvalue weighted by Crippen LogP contribution is -2.52. The van der Waals surface area contributed by atoms with E-state index in [9.17, 15) is 14.4 Å². The number of carbonyl (C=O) groups excluding carboxylic acids is 3. The van der Waals surface area contributed by atoms with Gasteiger partial charge in [0.2, 0.25) is 11.8 Å². The highest BCUT2D eigenvalue weighted by Gasteiger charge is 2.40. The summed E-state index contributed by atoms with van der Waals surface area (Å²) in [5.41, 5.74) is 5.35. The highest BCUT2D eigenvalue weighted by molar-refractivity contribution is 6.05. The minimum atomic E-state index is -0.618. The van der Waals surface area contributed by atoms with Crippen LogP contribution >= 0.6 is 0 Å². The van der Waals surface area contributed by atoms with Gasteiger partial charge in [0, 0.05) is 24.1 Å². The Morgan fingerprint density at radius 2 is 2.00 bits per heavy atom. The van der Waals surface area contributed by atoms with Crippen LogP contribution in [-0.2, 0) is 27.5 Å². The van der Waals surface area contributed by atoms with Gasteiger partial charge < -0.3 is 19.3 Å². The summed E-state index contributed by atoms with van der Waals surface area (Å²) in [4.78, 5) is 40.8. The topological polar surface area (TPSA) is 88.2 Å². The molecule has 0 spiro atoms. The average Bonchev–Trinajstić information content (AvgIpc) is 3.46. The summed E-state index contributed by atoms with van der Waals surface area (Å²) >= 11 is 0. The van der Waals surface area contributed by atoms with E-state index in [2.05, 4.69) is 42.3 Å². The molecular weight excluding hydrogens is 482 g/mol. The van der Waals surface area contributed by atoms with E-state index in [1.807, 2.05) is 12.1 Å². The molecule has 8 heteroatoms. The van der Waals surface area contributed by atoms with Crippen LogP contribution in [0.2, 0.25) is 0 Å². The van der Waals surface area contributed by atoms with Gasteiger partial charge in [-0.2, -0.15) is 0 Å². The number of aryl methyl sites for hydroxylation is 1. The van der Waals surface area contributed by atoms with Crippen molar-refractivity contribution in [2.24, 2.45) is 0 Å². The number of hydrogen-bond donors (Lipinski definition) is 1. The molecule has 1 N–H and O–H groups in total. The molecule has 3 heterocycles. The van der Waals surface area contributed by atoms with Crippen molar-refractivity contribution in [3.63, 3.8) is 0 Å². The Kier molecular flexibility index (Phi) is 8.09. The number of unbranched alkanes of at least 4 members (excludes halogenated alkanes) is 1. The summed E-state index contributed by atoms with van der Waals surface area (Å²) in [5.74, 6) is -0.162. The number of ether oxygens (including phenoxy) is 2. The summed E-state index contributed by atoms with van der Waals surface area (Å²) in [5, 5.41) is 2.35. The van der Waals surface area contributed by atoms with E-state index in [4.69, 9.17) is 9.47 Å². The molecule has 3 aliphatic heterocycles. The normalized spacial score (nSPS) is 20.6. The summed E-state index contributed by atoms with van der Waals surface area (Å²) in [7, 11) is 0. The number of nitrogens with zero attached hydrogens (tertiary/aromatic N) is 2. The number of imide groups is 1. The summed E-state index contributed by atoms with van der Waals surface area (Å²) < 4.78 is 12.2. The zero-order valence-electron chi connectivity index (χ0n) is 22.3. The van der Waals surface area contributed by atoms with Crippen LogP contribution in [-0.4, -0.2) is 59.8 Å². The van der Waals surface area contributed by atoms with Crippen LogP contribution in [0, 0.1) is 6.92 Å². The number of benzene rings is 2. The van der Waals surface area contributed by atoms with Gasteiger partial charge in [0.1, 0.15) is 11.8 Å². The number of hydrogen-bond acceptors (Lipinski definition) is 6. The second-order valence-electron chi connectivity index (χ2n) is 10.5. The molecule has 0 radical (unpaired) electrons. The minimum absolute atomic E-state index is 0.178. The molecule has 0 aromatic heterocycles. The maximum atomic E-state index is 13.0. The highest BCUT2D eigenvalue weighted by atomic mass is 16.5. The first kappa shape index (κ1) is 26.4. The fraction of sp³-hybridized carbons (Fsp3) is 0.500. The van der Waals surface area contributed by atoms with Crippen molar-refractivity contribution in [1.82, 2.24) is 15.1 Å². The number of fused-ring (bicyclic) bond motifs is 2. The van der Waals surface area contributed by atoms with Gasteiger partial charge in [-0.15, -0.1) is 0 Å². The SMILES string of the molecule is CCN(CCCCOc1cccc2c1CN(C1CCC(=O)NC1=O)C2=O)CC[C@H]1OCc2ccc(C)cc21. The molecule has 0 saturated carbocycles. The number of carbonyl (C=O) groups is 3. The standard InChI is InChI=1S/C30H37N3O5/c1-3-32(15-13-27-23-17-20(2)9-10-21(23)19-38-27)14-4-5-16-37-26-8-6-7-22-24(26)18-33(30(22)36)25-11-12-28(34)31-29(25)35/h6-10,17,25,27H,3-5,11-16,18-19H2,1-2H3,(H,31,34,35)/t25?,27-/m1/s1. The van der Waals surface area contributed by atoms with Crippen LogP contribution in [0.3, 0.4) is 0 Å². The van der Waals surface area contributed by atoms with Crippen LogP contribution in [0.4, 0.5) is 0 Å². The van der Waals surface area contributed by atoms with E-state index in [0.717, 1.165) is 44.5 Å². The lowest BCUT2D eigenvalue weighted by molar-refractivity contribution is -0.136. The van der Waals surface area contributed by atoms with E-state index >= 15 is 0 Å². The molecule has 2 atom stereocenters. The lowest BCUT2D eigenvalue weighted by Gasteiger charge is -2.29. The van der Waals surface area contributed by atoms with Gasteiger partial charge in [0.15, 0.2) is 0 Å². The number of amides is 3. The third kappa shape index (κ3) is 5.61. The number of rotatable bonds is 11. The Bertz CT molecular complexity index is 1210. The van der Waals surface area contributed by atoms with Crippen molar-refractivity contribution in [1.29, 1.82) is 0 Å². The molecule has 2 aromatic rings. The Morgan fingerprint density at radius 3 is 2.82 bits per heavy atom. The summed E-state index contributed by atoms with van der Waals surface area (Å²) in [6.07, 6.45) is 3.71. The van der Waals surface area contributed by atoms with Gasteiger partial charge in [-0.25, -0.2) is 0 Å². The molecule has 5 rings (SSSR count). The molecule has 8 nitrogen and oxygen atoms in total. The monoisotopic (exact) mass is 519 g/mol. The first-order valence-electron chi connectivity index (χ1n) is 13.8. The summed E-state index contributed by atoms with van der Waals surface area (Å²) in [6.45, 7) is 8.93. The number of nitrogens with one attached hydrogen (secondary N) is 1. The van der Waals surface area contributed by atoms with Crippen LogP contribution in [0.1, 0.15) is 77.7 Å². The van der Waals surface area contributed by atoms with Crippen LogP contribution < -0.4 is 10.1 Å². The van der Waals surface area contributed by atoms with Crippen molar-refractivity contribution in [3.8, 4) is 5.75 Å². The minimum Gasteiger partial charge on any atom is -0.493 e. The molecular formula is C30H37N3O5. The van der Waals surface area contributed by atoms with E-state index in [-0.39, 0.29) is 24.3 Å². The van der Waals surface area contributed by atoms with Crippen molar-refractivity contribution < 1.29 is 23.9 Å². The molecule has 1 fully saturated rings. The fourth-order valence-corrected chi connectivity index (χ4v) is 5.70. The lowest BCUT2D eigenvalue weighted by atomic mass is 10.0. The second kappa shape index (κ2) is 11.7. The highest BCUT2D eigenvalue weighted by Crippen LogP contribution is 2.35. The molecule has 0 bridgehead atoms. The molecule has 1 saturated heterocycles. The van der Waals surface area contributed by atoms with E-state index < -0.39 is 11.9 Å². The third-order valence-electron chi connectivity index (χ3n) is 7.91. The van der Waals surface area contributed by atoms with Gasteiger partial charge >= 0.3 is 0 Å². The van der Waals surface area contributed by atoms with Crippen LogP contribution in [0.15, 0.2) is 36.4 Å². The summed E-state index contributed by atoms with van der Waals surface area (Å²) in [6, 6.07) is 11.5. The van der Waals surface area contributed by atoms with Crippen LogP contribution in [0.25, 0.3) is 0 Å². The van der Waals surface area contributed by atoms with E-state index in [1.54, 1.807) is 11.0 Å². The van der Waals surface area contributed by atoms with Gasteiger partial charge in [0.05, 0.1) is 25.9 Å². The molecule has 1 unspecified atom stereocenters. The maximum Gasteiger partial charge on any atom is 0.255 e. The number of piperidine rings is 1. The predicted octanol–water partition coefficient (Wildman–Crippen LogP) is 3.90. The molecule has 38 heavy (non-hydrogen) atoms. The first-order valence-corrected chi connectivity index (χ1v) is 13.8. The van der Waals surface area contributed by atoms with Gasteiger partial charge in [-0.1, -0.05) is 36.8 Å². The quantitative estimate of drug-likeness (QED) is 0.358.